The van der Waals surface area contributed by atoms with E-state index in [-0.39, 0.29) is 0 Å². The van der Waals surface area contributed by atoms with Gasteiger partial charge in [0.15, 0.2) is 0 Å². The predicted octanol–water partition coefficient (Wildman–Crippen LogP) is 8.60. The first-order chi connectivity index (χ1) is 15.7. The topological polar surface area (TPSA) is 17.8 Å². The Hall–Kier alpha value is -1.05. The highest BCUT2D eigenvalue weighted by molar-refractivity contribution is 5.15. The summed E-state index contributed by atoms with van der Waals surface area (Å²) in [6.45, 7) is 18.2. The van der Waals surface area contributed by atoms with Crippen LogP contribution in [0.25, 0.3) is 0 Å². The zero-order chi connectivity index (χ0) is 23.4. The zero-order valence-corrected chi connectivity index (χ0v) is 22.3. The van der Waals surface area contributed by atoms with Gasteiger partial charge in [0.25, 0.3) is 0 Å². The maximum Gasteiger partial charge on any atom is 0.0619 e. The van der Waals surface area contributed by atoms with Crippen LogP contribution in [0, 0.1) is 52.8 Å². The molecule has 33 heavy (non-hydrogen) atoms. The summed E-state index contributed by atoms with van der Waals surface area (Å²) in [6.07, 6.45) is 21.6. The molecule has 2 heteroatoms. The number of hydrogen-bond donors (Lipinski definition) is 0. The van der Waals surface area contributed by atoms with Crippen molar-refractivity contribution >= 4 is 0 Å². The monoisotopic (exact) mass is 450 g/mol. The molecule has 4 saturated carbocycles. The van der Waals surface area contributed by atoms with Crippen molar-refractivity contribution in [1.29, 1.82) is 0 Å². The molecule has 8 atom stereocenters. The van der Waals surface area contributed by atoms with E-state index in [1.807, 2.05) is 6.20 Å². The van der Waals surface area contributed by atoms with E-state index in [9.17, 15) is 0 Å². The molecular weight excluding hydrogens is 400 g/mol. The van der Waals surface area contributed by atoms with Crippen molar-refractivity contribution in [3.8, 4) is 0 Å². The molecule has 4 aliphatic carbocycles. The van der Waals surface area contributed by atoms with Crippen LogP contribution in [-0.4, -0.2) is 9.78 Å². The minimum absolute atomic E-state index is 0.449. The molecule has 5 rings (SSSR count). The van der Waals surface area contributed by atoms with E-state index in [1.165, 1.54) is 88.2 Å². The number of nitrogens with zero attached hydrogens (tertiary/aromatic N) is 2. The molecule has 0 aromatic carbocycles. The van der Waals surface area contributed by atoms with Crippen molar-refractivity contribution in [2.24, 2.45) is 45.8 Å². The third-order valence-electron chi connectivity index (χ3n) is 12.1. The molecule has 184 valence electrons. The van der Waals surface area contributed by atoms with Crippen LogP contribution < -0.4 is 0 Å². The Bertz CT molecular complexity index is 868. The Morgan fingerprint density at radius 3 is 2.48 bits per heavy atom. The van der Waals surface area contributed by atoms with Gasteiger partial charge in [-0.25, -0.2) is 0 Å². The number of fused-ring (bicyclic) bond motifs is 5. The predicted molar refractivity (Wildman–Crippen MR) is 139 cm³/mol. The van der Waals surface area contributed by atoms with Gasteiger partial charge in [0.05, 0.1) is 12.7 Å². The first-order valence-electron chi connectivity index (χ1n) is 14.4. The minimum Gasteiger partial charge on any atom is -0.268 e. The van der Waals surface area contributed by atoms with E-state index >= 15 is 0 Å². The first-order valence-corrected chi connectivity index (χ1v) is 14.4. The highest BCUT2D eigenvalue weighted by atomic mass is 15.3. The molecule has 0 spiro atoms. The lowest BCUT2D eigenvalue weighted by Gasteiger charge is -2.63. The second kappa shape index (κ2) is 8.56. The SMILES string of the molecule is C=C(Cn1cc(C)cn1)C1CCCC2C3CCC4CC[C@@](C)(CC)CCC4(C)C3CCC12C. The summed E-state index contributed by atoms with van der Waals surface area (Å²) in [5.74, 6) is 4.48. The summed E-state index contributed by atoms with van der Waals surface area (Å²) in [6, 6.07) is 0. The molecule has 4 aliphatic rings. The van der Waals surface area contributed by atoms with Crippen molar-refractivity contribution in [2.75, 3.05) is 0 Å². The largest absolute Gasteiger partial charge is 0.268 e. The molecule has 0 N–H and O–H groups in total. The van der Waals surface area contributed by atoms with Crippen LogP contribution in [-0.2, 0) is 6.54 Å². The van der Waals surface area contributed by atoms with Gasteiger partial charge < -0.3 is 0 Å². The van der Waals surface area contributed by atoms with Gasteiger partial charge in [-0.15, -0.1) is 0 Å². The molecule has 1 aromatic rings. The van der Waals surface area contributed by atoms with Gasteiger partial charge in [-0.3, -0.25) is 4.68 Å². The Balaban J connectivity index is 1.37. The van der Waals surface area contributed by atoms with Crippen LogP contribution in [0.3, 0.4) is 0 Å². The Morgan fingerprint density at radius 2 is 1.76 bits per heavy atom. The van der Waals surface area contributed by atoms with Crippen LogP contribution in [0.5, 0.6) is 0 Å². The molecular formula is C31H50N2. The van der Waals surface area contributed by atoms with Crippen molar-refractivity contribution in [3.63, 3.8) is 0 Å². The lowest BCUT2D eigenvalue weighted by molar-refractivity contribution is -0.127. The van der Waals surface area contributed by atoms with Crippen molar-refractivity contribution < 1.29 is 0 Å². The van der Waals surface area contributed by atoms with Gasteiger partial charge >= 0.3 is 0 Å². The smallest absolute Gasteiger partial charge is 0.0619 e. The van der Waals surface area contributed by atoms with E-state index in [2.05, 4.69) is 57.2 Å². The van der Waals surface area contributed by atoms with E-state index in [4.69, 9.17) is 0 Å². The van der Waals surface area contributed by atoms with E-state index in [1.54, 1.807) is 0 Å². The summed E-state index contributed by atoms with van der Waals surface area (Å²) in [5.41, 5.74) is 4.33. The van der Waals surface area contributed by atoms with E-state index in [0.717, 1.165) is 30.2 Å². The van der Waals surface area contributed by atoms with Crippen LogP contribution in [0.15, 0.2) is 24.5 Å². The summed E-state index contributed by atoms with van der Waals surface area (Å²) >= 11 is 0. The Kier molecular flexibility index (Phi) is 6.14. The number of aryl methyl sites for hydroxylation is 1. The van der Waals surface area contributed by atoms with Crippen LogP contribution in [0.1, 0.15) is 110 Å². The fraction of sp³-hybridized carbons (Fsp3) is 0.839. The minimum atomic E-state index is 0.449. The molecule has 0 aliphatic heterocycles. The number of aromatic nitrogens is 2. The molecule has 0 saturated heterocycles. The number of rotatable bonds is 4. The first kappa shape index (κ1) is 23.7. The molecule has 1 heterocycles. The van der Waals surface area contributed by atoms with Gasteiger partial charge in [0, 0.05) is 6.20 Å². The third kappa shape index (κ3) is 3.96. The maximum absolute atomic E-state index is 4.68. The third-order valence-corrected chi connectivity index (χ3v) is 12.1. The zero-order valence-electron chi connectivity index (χ0n) is 22.3. The van der Waals surface area contributed by atoms with Gasteiger partial charge in [-0.05, 0) is 123 Å². The van der Waals surface area contributed by atoms with Crippen LogP contribution >= 0.6 is 0 Å². The molecule has 0 amide bonds. The average Bonchev–Trinajstić information content (AvgIpc) is 3.14. The van der Waals surface area contributed by atoms with Crippen LogP contribution in [0.2, 0.25) is 0 Å². The summed E-state index contributed by atoms with van der Waals surface area (Å²) in [4.78, 5) is 0. The standard InChI is InChI=1S/C31H50N2/c1-7-29(4)15-13-24-11-12-25-27-10-8-9-26(23(3)21-33-20-22(2)19-32-33)31(27,6)16-14-28(25)30(24,5)18-17-29/h19-20,24-28H,3,7-18,21H2,1-2,4-6H3/t24?,25?,26?,27?,28?,29-,30?,31?/m1/s1. The highest BCUT2D eigenvalue weighted by Gasteiger charge is 2.59. The maximum atomic E-state index is 4.68. The average molecular weight is 451 g/mol. The van der Waals surface area contributed by atoms with E-state index < -0.39 is 0 Å². The lowest BCUT2D eigenvalue weighted by Crippen LogP contribution is -2.55. The summed E-state index contributed by atoms with van der Waals surface area (Å²) in [7, 11) is 0. The van der Waals surface area contributed by atoms with Crippen LogP contribution in [0.4, 0.5) is 0 Å². The Labute approximate surface area is 204 Å². The number of hydrogen-bond acceptors (Lipinski definition) is 1. The second-order valence-corrected chi connectivity index (χ2v) is 13.8. The molecule has 1 aromatic heterocycles. The Morgan fingerprint density at radius 1 is 0.970 bits per heavy atom. The second-order valence-electron chi connectivity index (χ2n) is 13.8. The van der Waals surface area contributed by atoms with Crippen molar-refractivity contribution in [3.05, 3.63) is 30.1 Å². The fourth-order valence-electron chi connectivity index (χ4n) is 9.71. The summed E-state index contributed by atoms with van der Waals surface area (Å²) < 4.78 is 2.12. The lowest BCUT2D eigenvalue weighted by atomic mass is 9.42. The molecule has 0 bridgehead atoms. The van der Waals surface area contributed by atoms with Gasteiger partial charge in [-0.1, -0.05) is 52.7 Å². The van der Waals surface area contributed by atoms with E-state index in [0.29, 0.717) is 22.2 Å². The normalized spacial score (nSPS) is 45.4. The molecule has 4 fully saturated rings. The molecule has 2 nitrogen and oxygen atoms in total. The van der Waals surface area contributed by atoms with Crippen molar-refractivity contribution in [1.82, 2.24) is 9.78 Å². The highest BCUT2D eigenvalue weighted by Crippen LogP contribution is 2.67. The van der Waals surface area contributed by atoms with Gasteiger partial charge in [-0.2, -0.15) is 5.10 Å². The fourth-order valence-corrected chi connectivity index (χ4v) is 9.71. The number of allylic oxidation sites excluding steroid dienone is 1. The molecule has 0 radical (unpaired) electrons. The van der Waals surface area contributed by atoms with Gasteiger partial charge in [0.1, 0.15) is 0 Å². The van der Waals surface area contributed by atoms with Gasteiger partial charge in [0.2, 0.25) is 0 Å². The molecule has 7 unspecified atom stereocenters. The quantitative estimate of drug-likeness (QED) is 0.420. The van der Waals surface area contributed by atoms with Crippen molar-refractivity contribution in [2.45, 2.75) is 118 Å². The summed E-state index contributed by atoms with van der Waals surface area (Å²) in [5, 5.41) is 4.58.